The molecule has 0 unspecified atom stereocenters. The summed E-state index contributed by atoms with van der Waals surface area (Å²) in [5, 5.41) is 0. The van der Waals surface area contributed by atoms with Crippen molar-refractivity contribution < 1.29 is 8.78 Å². The molecule has 0 amide bonds. The Bertz CT molecular complexity index is 748. The maximum atomic E-state index is 13.6. The summed E-state index contributed by atoms with van der Waals surface area (Å²) in [5.74, 6) is -0.769. The number of benzene rings is 2. The number of nitrogens with one attached hydrogen (secondary N) is 1. The zero-order valence-electron chi connectivity index (χ0n) is 10.7. The van der Waals surface area contributed by atoms with Crippen LogP contribution in [0, 0.1) is 11.6 Å². The Morgan fingerprint density at radius 2 is 1.85 bits per heavy atom. The molecule has 0 radical (unpaired) electrons. The van der Waals surface area contributed by atoms with Gasteiger partial charge in [-0.15, -0.1) is 0 Å². The van der Waals surface area contributed by atoms with E-state index in [1.807, 2.05) is 24.3 Å². The maximum absolute atomic E-state index is 13.6. The van der Waals surface area contributed by atoms with Gasteiger partial charge in [-0.2, -0.15) is 0 Å². The van der Waals surface area contributed by atoms with Gasteiger partial charge in [0.2, 0.25) is 0 Å². The number of halogens is 2. The summed E-state index contributed by atoms with van der Waals surface area (Å²) in [6, 6.07) is 9.74. The van der Waals surface area contributed by atoms with Gasteiger partial charge in [0.25, 0.3) is 0 Å². The van der Waals surface area contributed by atoms with Gasteiger partial charge in [0, 0.05) is 11.6 Å². The van der Waals surface area contributed by atoms with Crippen molar-refractivity contribution in [3.05, 3.63) is 53.6 Å². The Balaban J connectivity index is 2.03. The number of hydrogen-bond donors (Lipinski definition) is 2. The highest BCUT2D eigenvalue weighted by Gasteiger charge is 2.10. The number of aromatic nitrogens is 2. The molecular weight excluding hydrogens is 260 g/mol. The largest absolute Gasteiger partial charge is 0.338 e. The van der Waals surface area contributed by atoms with Gasteiger partial charge in [-0.1, -0.05) is 24.3 Å². The van der Waals surface area contributed by atoms with E-state index in [4.69, 9.17) is 5.73 Å². The number of imidazole rings is 1. The van der Waals surface area contributed by atoms with Crippen LogP contribution in [0.25, 0.3) is 22.4 Å². The lowest BCUT2D eigenvalue weighted by molar-refractivity contribution is 0.591. The van der Waals surface area contributed by atoms with Gasteiger partial charge in [-0.25, -0.2) is 13.8 Å². The minimum atomic E-state index is -0.665. The Morgan fingerprint density at radius 3 is 2.55 bits per heavy atom. The van der Waals surface area contributed by atoms with E-state index in [2.05, 4.69) is 9.97 Å². The molecule has 3 nitrogen and oxygen atoms in total. The Labute approximate surface area is 114 Å². The third-order valence-corrected chi connectivity index (χ3v) is 3.17. The summed E-state index contributed by atoms with van der Waals surface area (Å²) in [6.45, 7) is 0.592. The van der Waals surface area contributed by atoms with Crippen LogP contribution in [0.5, 0.6) is 0 Å². The van der Waals surface area contributed by atoms with Crippen molar-refractivity contribution in [2.24, 2.45) is 5.73 Å². The molecule has 3 aromatic rings. The van der Waals surface area contributed by atoms with E-state index in [0.29, 0.717) is 17.9 Å². The lowest BCUT2D eigenvalue weighted by Gasteiger charge is -2.00. The first-order valence-electron chi connectivity index (χ1n) is 6.31. The minimum absolute atomic E-state index is 0.146. The molecule has 3 N–H and O–H groups in total. The van der Waals surface area contributed by atoms with Crippen molar-refractivity contribution in [2.75, 3.05) is 6.54 Å². The zero-order chi connectivity index (χ0) is 14.1. The molecule has 0 saturated heterocycles. The highest BCUT2D eigenvalue weighted by atomic mass is 19.1. The van der Waals surface area contributed by atoms with Crippen molar-refractivity contribution in [3.8, 4) is 11.4 Å². The van der Waals surface area contributed by atoms with E-state index in [1.165, 1.54) is 6.07 Å². The summed E-state index contributed by atoms with van der Waals surface area (Å²) in [5.41, 5.74) is 7.94. The fourth-order valence-electron chi connectivity index (χ4n) is 2.17. The first kappa shape index (κ1) is 12.7. The second-order valence-electron chi connectivity index (χ2n) is 4.60. The number of fused-ring (bicyclic) bond motifs is 1. The van der Waals surface area contributed by atoms with E-state index >= 15 is 0 Å². The van der Waals surface area contributed by atoms with E-state index in [1.54, 1.807) is 0 Å². The van der Waals surface area contributed by atoms with Gasteiger partial charge in [-0.05, 0) is 24.6 Å². The molecule has 1 heterocycles. The highest BCUT2D eigenvalue weighted by molar-refractivity contribution is 5.80. The number of aromatic amines is 1. The van der Waals surface area contributed by atoms with Crippen LogP contribution >= 0.6 is 0 Å². The number of H-pyrrole nitrogens is 1. The second kappa shape index (κ2) is 5.02. The lowest BCUT2D eigenvalue weighted by Crippen LogP contribution is -2.02. The number of hydrogen-bond acceptors (Lipinski definition) is 2. The SMILES string of the molecule is NCCc1ccc(-c2nc3c(F)cc(F)cc3[nH]2)cc1. The van der Waals surface area contributed by atoms with Crippen LogP contribution in [0.1, 0.15) is 5.56 Å². The molecule has 0 aliphatic rings. The molecule has 1 aromatic heterocycles. The normalized spacial score (nSPS) is 11.2. The Morgan fingerprint density at radius 1 is 1.10 bits per heavy atom. The van der Waals surface area contributed by atoms with Gasteiger partial charge >= 0.3 is 0 Å². The fourth-order valence-corrected chi connectivity index (χ4v) is 2.17. The zero-order valence-corrected chi connectivity index (χ0v) is 10.7. The van der Waals surface area contributed by atoms with E-state index < -0.39 is 11.6 Å². The van der Waals surface area contributed by atoms with Crippen LogP contribution in [0.15, 0.2) is 36.4 Å². The summed E-state index contributed by atoms with van der Waals surface area (Å²) in [6.07, 6.45) is 0.806. The fraction of sp³-hybridized carbons (Fsp3) is 0.133. The van der Waals surface area contributed by atoms with Gasteiger partial charge in [0.1, 0.15) is 17.2 Å². The molecular formula is C15H13F2N3. The second-order valence-corrected chi connectivity index (χ2v) is 4.60. The van der Waals surface area contributed by atoms with E-state index in [0.717, 1.165) is 23.6 Å². The van der Waals surface area contributed by atoms with E-state index in [-0.39, 0.29) is 5.52 Å². The number of rotatable bonds is 3. The van der Waals surface area contributed by atoms with E-state index in [9.17, 15) is 8.78 Å². The quantitative estimate of drug-likeness (QED) is 0.770. The Kier molecular flexibility index (Phi) is 3.20. The summed E-state index contributed by atoms with van der Waals surface area (Å²) in [4.78, 5) is 7.11. The number of nitrogens with zero attached hydrogens (tertiary/aromatic N) is 1. The molecule has 0 spiro atoms. The van der Waals surface area contributed by atoms with Crippen molar-refractivity contribution >= 4 is 11.0 Å². The third-order valence-electron chi connectivity index (χ3n) is 3.17. The monoisotopic (exact) mass is 273 g/mol. The molecule has 0 fully saturated rings. The molecule has 20 heavy (non-hydrogen) atoms. The molecule has 3 rings (SSSR count). The van der Waals surface area contributed by atoms with Gasteiger partial charge in [-0.3, -0.25) is 0 Å². The average Bonchev–Trinajstić information content (AvgIpc) is 2.84. The standard InChI is InChI=1S/C15H13F2N3/c16-11-7-12(17)14-13(8-11)19-15(20-14)10-3-1-9(2-4-10)5-6-18/h1-4,7-8H,5-6,18H2,(H,19,20). The third kappa shape index (κ3) is 2.28. The summed E-state index contributed by atoms with van der Waals surface area (Å²) >= 11 is 0. The average molecular weight is 273 g/mol. The molecule has 0 bridgehead atoms. The highest BCUT2D eigenvalue weighted by Crippen LogP contribution is 2.23. The van der Waals surface area contributed by atoms with Gasteiger partial charge in [0.05, 0.1) is 5.52 Å². The molecule has 0 aliphatic heterocycles. The molecule has 5 heteroatoms. The molecule has 0 saturated carbocycles. The predicted octanol–water partition coefficient (Wildman–Crippen LogP) is 3.01. The maximum Gasteiger partial charge on any atom is 0.153 e. The van der Waals surface area contributed by atoms with Gasteiger partial charge < -0.3 is 10.7 Å². The first-order chi connectivity index (χ1) is 9.67. The van der Waals surface area contributed by atoms with Crippen molar-refractivity contribution in [3.63, 3.8) is 0 Å². The summed E-state index contributed by atoms with van der Waals surface area (Å²) < 4.78 is 26.8. The van der Waals surface area contributed by atoms with Crippen molar-refractivity contribution in [1.82, 2.24) is 9.97 Å². The van der Waals surface area contributed by atoms with Gasteiger partial charge in [0.15, 0.2) is 5.82 Å². The van der Waals surface area contributed by atoms with Crippen molar-refractivity contribution in [2.45, 2.75) is 6.42 Å². The number of nitrogens with two attached hydrogens (primary N) is 1. The minimum Gasteiger partial charge on any atom is -0.338 e. The molecule has 0 atom stereocenters. The molecule has 2 aromatic carbocycles. The van der Waals surface area contributed by atoms with Crippen LogP contribution in [0.2, 0.25) is 0 Å². The first-order valence-corrected chi connectivity index (χ1v) is 6.31. The molecule has 0 aliphatic carbocycles. The molecule has 102 valence electrons. The van der Waals surface area contributed by atoms with Crippen LogP contribution in [-0.4, -0.2) is 16.5 Å². The lowest BCUT2D eigenvalue weighted by atomic mass is 10.1. The van der Waals surface area contributed by atoms with Crippen LogP contribution < -0.4 is 5.73 Å². The summed E-state index contributed by atoms with van der Waals surface area (Å²) in [7, 11) is 0. The van der Waals surface area contributed by atoms with Crippen LogP contribution in [0.4, 0.5) is 8.78 Å². The Hall–Kier alpha value is -2.27. The van der Waals surface area contributed by atoms with Crippen molar-refractivity contribution in [1.29, 1.82) is 0 Å². The van der Waals surface area contributed by atoms with Crippen LogP contribution in [-0.2, 0) is 6.42 Å². The topological polar surface area (TPSA) is 54.7 Å². The predicted molar refractivity (Wildman–Crippen MR) is 74.2 cm³/mol. The van der Waals surface area contributed by atoms with Crippen LogP contribution in [0.3, 0.4) is 0 Å². The smallest absolute Gasteiger partial charge is 0.153 e.